The smallest absolute Gasteiger partial charge is 0.310 e. The molecule has 5 heteroatoms. The molecule has 120 valence electrons. The second kappa shape index (κ2) is 6.23. The molecule has 3 aliphatic rings. The highest BCUT2D eigenvalue weighted by Gasteiger charge is 2.45. The first-order valence-corrected chi connectivity index (χ1v) is 8.35. The fraction of sp³-hybridized carbons (Fsp3) is 0.938. The normalized spacial score (nSPS) is 35.6. The third-order valence-electron chi connectivity index (χ3n) is 5.61. The molecule has 2 heterocycles. The van der Waals surface area contributed by atoms with Crippen LogP contribution in [0, 0.1) is 5.92 Å². The van der Waals surface area contributed by atoms with Gasteiger partial charge in [0, 0.05) is 18.7 Å². The Morgan fingerprint density at radius 3 is 2.76 bits per heavy atom. The SMILES string of the molecule is CCN(C1CCOC2(CCCC2)C1)C1COCC1C(=O)O. The molecule has 0 aromatic carbocycles. The lowest BCUT2D eigenvalue weighted by Crippen LogP contribution is -2.53. The van der Waals surface area contributed by atoms with Crippen LogP contribution in [0.4, 0.5) is 0 Å². The maximum Gasteiger partial charge on any atom is 0.310 e. The van der Waals surface area contributed by atoms with Crippen molar-refractivity contribution in [3.63, 3.8) is 0 Å². The molecule has 21 heavy (non-hydrogen) atoms. The quantitative estimate of drug-likeness (QED) is 0.859. The van der Waals surface area contributed by atoms with Gasteiger partial charge in [-0.15, -0.1) is 0 Å². The summed E-state index contributed by atoms with van der Waals surface area (Å²) in [5.74, 6) is -1.11. The highest BCUT2D eigenvalue weighted by molar-refractivity contribution is 5.71. The van der Waals surface area contributed by atoms with Crippen molar-refractivity contribution in [2.45, 2.75) is 63.1 Å². The monoisotopic (exact) mass is 297 g/mol. The van der Waals surface area contributed by atoms with Crippen LogP contribution in [0.1, 0.15) is 45.4 Å². The van der Waals surface area contributed by atoms with E-state index in [9.17, 15) is 9.90 Å². The molecule has 3 unspecified atom stereocenters. The van der Waals surface area contributed by atoms with E-state index in [0.29, 0.717) is 19.3 Å². The van der Waals surface area contributed by atoms with Crippen LogP contribution in [0.5, 0.6) is 0 Å². The maximum atomic E-state index is 11.4. The summed E-state index contributed by atoms with van der Waals surface area (Å²) in [5.41, 5.74) is 0.0779. The van der Waals surface area contributed by atoms with E-state index in [-0.39, 0.29) is 17.6 Å². The number of likely N-dealkylation sites (N-methyl/N-ethyl adjacent to an activating group) is 1. The number of carboxylic acid groups (broad SMARTS) is 1. The van der Waals surface area contributed by atoms with Gasteiger partial charge in [-0.3, -0.25) is 9.69 Å². The number of ether oxygens (including phenoxy) is 2. The van der Waals surface area contributed by atoms with E-state index in [0.717, 1.165) is 26.0 Å². The zero-order chi connectivity index (χ0) is 14.9. The fourth-order valence-corrected chi connectivity index (χ4v) is 4.52. The molecule has 1 saturated carbocycles. The molecule has 1 spiro atoms. The molecule has 0 amide bonds. The fourth-order valence-electron chi connectivity index (χ4n) is 4.52. The van der Waals surface area contributed by atoms with Gasteiger partial charge < -0.3 is 14.6 Å². The lowest BCUT2D eigenvalue weighted by Gasteiger charge is -2.45. The molecule has 2 saturated heterocycles. The summed E-state index contributed by atoms with van der Waals surface area (Å²) in [4.78, 5) is 13.8. The summed E-state index contributed by atoms with van der Waals surface area (Å²) < 4.78 is 11.6. The number of aliphatic carboxylic acids is 1. The van der Waals surface area contributed by atoms with E-state index in [1.165, 1.54) is 25.7 Å². The standard InChI is InChI=1S/C16H27NO4/c1-2-17(14-11-20-10-13(14)15(18)19)12-5-8-21-16(9-12)6-3-4-7-16/h12-14H,2-11H2,1H3,(H,18,19). The first kappa shape index (κ1) is 15.3. The van der Waals surface area contributed by atoms with Crippen molar-refractivity contribution < 1.29 is 19.4 Å². The van der Waals surface area contributed by atoms with Gasteiger partial charge >= 0.3 is 5.97 Å². The largest absolute Gasteiger partial charge is 0.481 e. The molecule has 3 fully saturated rings. The van der Waals surface area contributed by atoms with Gasteiger partial charge in [-0.25, -0.2) is 0 Å². The van der Waals surface area contributed by atoms with Crippen LogP contribution in [0.3, 0.4) is 0 Å². The van der Waals surface area contributed by atoms with Gasteiger partial charge in [-0.2, -0.15) is 0 Å². The highest BCUT2D eigenvalue weighted by atomic mass is 16.5. The number of rotatable bonds is 4. The van der Waals surface area contributed by atoms with Crippen molar-refractivity contribution in [2.75, 3.05) is 26.4 Å². The molecular weight excluding hydrogens is 270 g/mol. The Balaban J connectivity index is 1.71. The van der Waals surface area contributed by atoms with Crippen LogP contribution < -0.4 is 0 Å². The summed E-state index contributed by atoms with van der Waals surface area (Å²) in [7, 11) is 0. The van der Waals surface area contributed by atoms with E-state index < -0.39 is 5.97 Å². The van der Waals surface area contributed by atoms with Crippen molar-refractivity contribution in [1.29, 1.82) is 0 Å². The number of carboxylic acids is 1. The van der Waals surface area contributed by atoms with Gasteiger partial charge in [-0.1, -0.05) is 19.8 Å². The Morgan fingerprint density at radius 2 is 2.10 bits per heavy atom. The van der Waals surface area contributed by atoms with Gasteiger partial charge in [0.25, 0.3) is 0 Å². The van der Waals surface area contributed by atoms with Gasteiger partial charge in [-0.05, 0) is 32.2 Å². The zero-order valence-electron chi connectivity index (χ0n) is 12.9. The minimum absolute atomic E-state index is 0.0223. The van der Waals surface area contributed by atoms with Gasteiger partial charge in [0.05, 0.1) is 24.7 Å². The van der Waals surface area contributed by atoms with E-state index >= 15 is 0 Å². The second-order valence-corrected chi connectivity index (χ2v) is 6.77. The van der Waals surface area contributed by atoms with Gasteiger partial charge in [0.2, 0.25) is 0 Å². The van der Waals surface area contributed by atoms with Crippen LogP contribution in [-0.2, 0) is 14.3 Å². The predicted molar refractivity (Wildman–Crippen MR) is 78.3 cm³/mol. The molecule has 2 aliphatic heterocycles. The summed E-state index contributed by atoms with van der Waals surface area (Å²) in [6, 6.07) is 0.462. The Bertz CT molecular complexity index is 380. The highest BCUT2D eigenvalue weighted by Crippen LogP contribution is 2.42. The van der Waals surface area contributed by atoms with Crippen LogP contribution in [0.15, 0.2) is 0 Å². The number of carbonyl (C=O) groups is 1. The summed E-state index contributed by atoms with van der Waals surface area (Å²) >= 11 is 0. The van der Waals surface area contributed by atoms with Crippen molar-refractivity contribution in [1.82, 2.24) is 4.90 Å². The number of nitrogens with zero attached hydrogens (tertiary/aromatic N) is 1. The van der Waals surface area contributed by atoms with Crippen LogP contribution in [0.25, 0.3) is 0 Å². The predicted octanol–water partition coefficient (Wildman–Crippen LogP) is 1.90. The molecule has 0 aromatic heterocycles. The van der Waals surface area contributed by atoms with E-state index in [4.69, 9.17) is 9.47 Å². The zero-order valence-corrected chi connectivity index (χ0v) is 12.9. The molecule has 0 radical (unpaired) electrons. The van der Waals surface area contributed by atoms with Gasteiger partial charge in [0.15, 0.2) is 0 Å². The lowest BCUT2D eigenvalue weighted by molar-refractivity contribution is -0.144. The minimum atomic E-state index is -0.724. The van der Waals surface area contributed by atoms with E-state index in [1.54, 1.807) is 0 Å². The Morgan fingerprint density at radius 1 is 1.33 bits per heavy atom. The maximum absolute atomic E-state index is 11.4. The summed E-state index contributed by atoms with van der Waals surface area (Å²) in [6.07, 6.45) is 6.95. The molecule has 3 atom stereocenters. The van der Waals surface area contributed by atoms with Crippen molar-refractivity contribution in [3.05, 3.63) is 0 Å². The molecule has 0 aromatic rings. The molecule has 3 rings (SSSR count). The Labute approximate surface area is 126 Å². The van der Waals surface area contributed by atoms with Crippen molar-refractivity contribution >= 4 is 5.97 Å². The van der Waals surface area contributed by atoms with Crippen LogP contribution >= 0.6 is 0 Å². The first-order chi connectivity index (χ1) is 10.2. The van der Waals surface area contributed by atoms with E-state index in [1.807, 2.05) is 0 Å². The number of hydrogen-bond donors (Lipinski definition) is 1. The topological polar surface area (TPSA) is 59.0 Å². The number of hydrogen-bond acceptors (Lipinski definition) is 4. The average Bonchev–Trinajstić information content (AvgIpc) is 3.10. The van der Waals surface area contributed by atoms with Crippen LogP contribution in [-0.4, -0.2) is 60.0 Å². The molecule has 0 bridgehead atoms. The molecule has 1 N–H and O–H groups in total. The molecular formula is C16H27NO4. The minimum Gasteiger partial charge on any atom is -0.481 e. The second-order valence-electron chi connectivity index (χ2n) is 6.77. The first-order valence-electron chi connectivity index (χ1n) is 8.35. The third-order valence-corrected chi connectivity index (χ3v) is 5.61. The molecule has 1 aliphatic carbocycles. The van der Waals surface area contributed by atoms with Gasteiger partial charge in [0.1, 0.15) is 0 Å². The summed E-state index contributed by atoms with van der Waals surface area (Å²) in [5, 5.41) is 9.40. The van der Waals surface area contributed by atoms with Crippen LogP contribution in [0.2, 0.25) is 0 Å². The van der Waals surface area contributed by atoms with Crippen molar-refractivity contribution in [2.24, 2.45) is 5.92 Å². The average molecular weight is 297 g/mol. The Kier molecular flexibility index (Phi) is 4.52. The third kappa shape index (κ3) is 2.96. The lowest BCUT2D eigenvalue weighted by atomic mass is 9.86. The molecule has 5 nitrogen and oxygen atoms in total. The van der Waals surface area contributed by atoms with Crippen molar-refractivity contribution in [3.8, 4) is 0 Å². The Hall–Kier alpha value is -0.650. The van der Waals surface area contributed by atoms with E-state index in [2.05, 4.69) is 11.8 Å². The summed E-state index contributed by atoms with van der Waals surface area (Å²) in [6.45, 7) is 4.74.